The molecule has 84 heavy (non-hydrogen) atoms. The third kappa shape index (κ3) is 59.0. The standard InChI is InChI=1S/C65H126O17P2/c1-55(2)41-33-25-17-13-11-9-10-12-14-20-31-39-47-64(69)81-60(51-75-62(67)45-37-29-21-15-18-26-34-42-56(3)4)53-79-83(71,72)77-49-59(66)50-78-84(73,74)80-54-61(52-76-63(68)46-38-30-24-23-28-36-44-58(7)8)82-65(70)48-40-32-22-16-19-27-35-43-57(5)6/h55-61,66H,9-54H2,1-8H3,(H,71,72)(H,73,74)/t59?,60-,61-/m1/s1. The Morgan fingerprint density at radius 1 is 0.298 bits per heavy atom. The van der Waals surface area contributed by atoms with Gasteiger partial charge in [0.25, 0.3) is 0 Å². The molecule has 0 aliphatic rings. The molecule has 3 unspecified atom stereocenters. The quantitative estimate of drug-likeness (QED) is 0.0222. The molecule has 0 rings (SSSR count). The zero-order valence-corrected chi connectivity index (χ0v) is 56.3. The molecule has 0 bridgehead atoms. The second-order valence-corrected chi connectivity index (χ2v) is 28.3. The summed E-state index contributed by atoms with van der Waals surface area (Å²) >= 11 is 0. The smallest absolute Gasteiger partial charge is 0.462 e. The van der Waals surface area contributed by atoms with E-state index in [0.29, 0.717) is 43.4 Å². The molecule has 5 atom stereocenters. The summed E-state index contributed by atoms with van der Waals surface area (Å²) in [5, 5.41) is 10.5. The maximum absolute atomic E-state index is 13.0. The first-order valence-corrected chi connectivity index (χ1v) is 36.7. The minimum Gasteiger partial charge on any atom is -0.462 e. The molecular weight excluding hydrogens is 1110 g/mol. The zero-order valence-electron chi connectivity index (χ0n) is 54.5. The number of aliphatic hydroxyl groups excluding tert-OH is 1. The minimum absolute atomic E-state index is 0.102. The van der Waals surface area contributed by atoms with Crippen molar-refractivity contribution in [2.45, 2.75) is 331 Å². The van der Waals surface area contributed by atoms with Crippen molar-refractivity contribution < 1.29 is 80.2 Å². The van der Waals surface area contributed by atoms with E-state index in [2.05, 4.69) is 55.4 Å². The third-order valence-electron chi connectivity index (χ3n) is 14.8. The van der Waals surface area contributed by atoms with Gasteiger partial charge in [-0.2, -0.15) is 0 Å². The fourth-order valence-electron chi connectivity index (χ4n) is 9.61. The molecular formula is C65H126O17P2. The van der Waals surface area contributed by atoms with Gasteiger partial charge in [-0.3, -0.25) is 37.3 Å². The van der Waals surface area contributed by atoms with Crippen LogP contribution < -0.4 is 0 Å². The van der Waals surface area contributed by atoms with Crippen LogP contribution in [0.3, 0.4) is 0 Å². The van der Waals surface area contributed by atoms with Gasteiger partial charge in [0.1, 0.15) is 19.3 Å². The molecule has 17 nitrogen and oxygen atoms in total. The molecule has 0 aliphatic carbocycles. The lowest BCUT2D eigenvalue weighted by molar-refractivity contribution is -0.161. The van der Waals surface area contributed by atoms with Crippen molar-refractivity contribution >= 4 is 39.5 Å². The topological polar surface area (TPSA) is 237 Å². The average molecular weight is 1240 g/mol. The van der Waals surface area contributed by atoms with E-state index >= 15 is 0 Å². The number of carbonyl (C=O) groups excluding carboxylic acids is 4. The van der Waals surface area contributed by atoms with Crippen LogP contribution in [0, 0.1) is 23.7 Å². The second kappa shape index (κ2) is 55.2. The Balaban J connectivity index is 5.23. The van der Waals surface area contributed by atoms with Crippen LogP contribution in [0.2, 0.25) is 0 Å². The van der Waals surface area contributed by atoms with Gasteiger partial charge in [-0.15, -0.1) is 0 Å². The van der Waals surface area contributed by atoms with E-state index in [1.807, 2.05) is 0 Å². The lowest BCUT2D eigenvalue weighted by atomic mass is 10.0. The molecule has 19 heteroatoms. The number of ether oxygens (including phenoxy) is 4. The minimum atomic E-state index is -4.95. The van der Waals surface area contributed by atoms with Gasteiger partial charge in [0.05, 0.1) is 26.4 Å². The van der Waals surface area contributed by atoms with Crippen LogP contribution in [0.25, 0.3) is 0 Å². The Bertz CT molecular complexity index is 1680. The Kier molecular flexibility index (Phi) is 53.9. The first kappa shape index (κ1) is 82.1. The largest absolute Gasteiger partial charge is 0.472 e. The van der Waals surface area contributed by atoms with Crippen LogP contribution in [-0.4, -0.2) is 96.7 Å². The Hall–Kier alpha value is -1.94. The van der Waals surface area contributed by atoms with Crippen molar-refractivity contribution in [3.63, 3.8) is 0 Å². The van der Waals surface area contributed by atoms with Gasteiger partial charge in [-0.1, -0.05) is 261 Å². The number of hydrogen-bond acceptors (Lipinski definition) is 15. The predicted molar refractivity (Wildman–Crippen MR) is 335 cm³/mol. The summed E-state index contributed by atoms with van der Waals surface area (Å²) in [5.74, 6) is 0.716. The zero-order chi connectivity index (χ0) is 62.5. The van der Waals surface area contributed by atoms with Gasteiger partial charge in [-0.25, -0.2) is 9.13 Å². The molecule has 3 N–H and O–H groups in total. The first-order chi connectivity index (χ1) is 40.1. The number of carbonyl (C=O) groups is 4. The van der Waals surface area contributed by atoms with Gasteiger partial charge in [0.2, 0.25) is 0 Å². The molecule has 0 aromatic carbocycles. The van der Waals surface area contributed by atoms with E-state index in [9.17, 15) is 43.2 Å². The molecule has 0 saturated carbocycles. The highest BCUT2D eigenvalue weighted by molar-refractivity contribution is 7.47. The van der Waals surface area contributed by atoms with Crippen LogP contribution in [0.1, 0.15) is 312 Å². The second-order valence-electron chi connectivity index (χ2n) is 25.4. The van der Waals surface area contributed by atoms with Gasteiger partial charge >= 0.3 is 39.5 Å². The lowest BCUT2D eigenvalue weighted by Gasteiger charge is -2.21. The average Bonchev–Trinajstić information content (AvgIpc) is 3.59. The monoisotopic (exact) mass is 1240 g/mol. The van der Waals surface area contributed by atoms with Crippen LogP contribution in [0.4, 0.5) is 0 Å². The van der Waals surface area contributed by atoms with Crippen LogP contribution in [0.15, 0.2) is 0 Å². The number of hydrogen-bond donors (Lipinski definition) is 3. The molecule has 0 amide bonds. The third-order valence-corrected chi connectivity index (χ3v) is 16.7. The van der Waals surface area contributed by atoms with Crippen molar-refractivity contribution in [2.75, 3.05) is 39.6 Å². The van der Waals surface area contributed by atoms with E-state index < -0.39 is 97.5 Å². The van der Waals surface area contributed by atoms with Crippen molar-refractivity contribution in [1.82, 2.24) is 0 Å². The summed E-state index contributed by atoms with van der Waals surface area (Å²) in [6.07, 6.45) is 35.2. The highest BCUT2D eigenvalue weighted by Gasteiger charge is 2.30. The number of phosphoric ester groups is 2. The molecule has 0 heterocycles. The number of esters is 4. The van der Waals surface area contributed by atoms with Crippen LogP contribution in [0.5, 0.6) is 0 Å². The molecule has 0 spiro atoms. The number of rotatable bonds is 62. The van der Waals surface area contributed by atoms with Crippen LogP contribution in [-0.2, 0) is 65.4 Å². The normalized spacial score (nSPS) is 14.4. The molecule has 0 radical (unpaired) electrons. The van der Waals surface area contributed by atoms with Gasteiger partial charge in [0, 0.05) is 25.7 Å². The maximum Gasteiger partial charge on any atom is 0.472 e. The maximum atomic E-state index is 13.0. The molecule has 0 fully saturated rings. The molecule has 0 aromatic heterocycles. The van der Waals surface area contributed by atoms with E-state index in [-0.39, 0.29) is 25.7 Å². The Labute approximate surface area is 511 Å². The first-order valence-electron chi connectivity index (χ1n) is 33.7. The van der Waals surface area contributed by atoms with Crippen molar-refractivity contribution in [3.8, 4) is 0 Å². The van der Waals surface area contributed by atoms with Gasteiger partial charge in [0.15, 0.2) is 12.2 Å². The molecule has 0 aliphatic heterocycles. The predicted octanol–water partition coefficient (Wildman–Crippen LogP) is 17.8. The summed E-state index contributed by atoms with van der Waals surface area (Å²) in [6, 6.07) is 0. The van der Waals surface area contributed by atoms with Gasteiger partial charge < -0.3 is 33.8 Å². The van der Waals surface area contributed by atoms with Crippen LogP contribution >= 0.6 is 15.6 Å². The van der Waals surface area contributed by atoms with E-state index in [1.165, 1.54) is 103 Å². The summed E-state index contributed by atoms with van der Waals surface area (Å²) in [7, 11) is -9.89. The number of aliphatic hydroxyl groups is 1. The summed E-state index contributed by atoms with van der Waals surface area (Å²) in [5.41, 5.74) is 0. The van der Waals surface area contributed by atoms with Crippen molar-refractivity contribution in [3.05, 3.63) is 0 Å². The Morgan fingerprint density at radius 2 is 0.500 bits per heavy atom. The number of unbranched alkanes of at least 4 members (excludes halogenated alkanes) is 28. The Morgan fingerprint density at radius 3 is 0.738 bits per heavy atom. The van der Waals surface area contributed by atoms with Crippen molar-refractivity contribution in [2.24, 2.45) is 23.7 Å². The van der Waals surface area contributed by atoms with Gasteiger partial charge in [-0.05, 0) is 49.4 Å². The summed E-state index contributed by atoms with van der Waals surface area (Å²) < 4.78 is 68.0. The van der Waals surface area contributed by atoms with E-state index in [0.717, 1.165) is 109 Å². The van der Waals surface area contributed by atoms with E-state index in [4.69, 9.17) is 37.0 Å². The molecule has 0 saturated heterocycles. The summed E-state index contributed by atoms with van der Waals surface area (Å²) in [6.45, 7) is 13.9. The lowest BCUT2D eigenvalue weighted by Crippen LogP contribution is -2.30. The fourth-order valence-corrected chi connectivity index (χ4v) is 11.2. The number of phosphoric acid groups is 2. The highest BCUT2D eigenvalue weighted by Crippen LogP contribution is 2.45. The van der Waals surface area contributed by atoms with Crippen molar-refractivity contribution in [1.29, 1.82) is 0 Å². The van der Waals surface area contributed by atoms with E-state index in [1.54, 1.807) is 0 Å². The highest BCUT2D eigenvalue weighted by atomic mass is 31.2. The molecule has 0 aromatic rings. The fraction of sp³-hybridized carbons (Fsp3) is 0.938. The molecule has 498 valence electrons. The SMILES string of the molecule is CC(C)CCCCCCCCCCCCCCC(=O)O[C@H](COC(=O)CCCCCCCCCC(C)C)COP(=O)(O)OCC(O)COP(=O)(O)OC[C@@H](COC(=O)CCCCCCCCC(C)C)OC(=O)CCCCCCCCCC(C)C. The summed E-state index contributed by atoms with van der Waals surface area (Å²) in [4.78, 5) is 72.2.